The standard InChI is InChI=1S/C57H37N5/c1-6-19-38(20-7-1)41-33-34-47-51(36-41)62(44-27-14-5-15-28-44)50-32-18-30-45(53(47)50)48-35-42(37-52-54(48)46-29-16-17-31-49(46)61(52)43-25-12-4-13-26-43)57-59-55(39-21-8-2-9-22-39)58-56(60-57)40-23-10-3-11-24-40/h1-37H. The van der Waals surface area contributed by atoms with Crippen LogP contribution in [0.25, 0.3) is 111 Å². The monoisotopic (exact) mass is 791 g/mol. The lowest BCUT2D eigenvalue weighted by molar-refractivity contribution is 1.07. The molecule has 12 aromatic rings. The van der Waals surface area contributed by atoms with Gasteiger partial charge in [0.15, 0.2) is 17.5 Å². The normalized spacial score (nSPS) is 11.5. The second kappa shape index (κ2) is 14.7. The molecular formula is C57H37N5. The van der Waals surface area contributed by atoms with Gasteiger partial charge in [-0.2, -0.15) is 0 Å². The van der Waals surface area contributed by atoms with E-state index in [-0.39, 0.29) is 0 Å². The largest absolute Gasteiger partial charge is 0.309 e. The molecule has 0 saturated carbocycles. The molecule has 5 nitrogen and oxygen atoms in total. The number of rotatable bonds is 7. The van der Waals surface area contributed by atoms with Gasteiger partial charge in [-0.25, -0.2) is 15.0 Å². The van der Waals surface area contributed by atoms with E-state index in [1.54, 1.807) is 0 Å². The molecule has 62 heavy (non-hydrogen) atoms. The number of aromatic nitrogens is 5. The van der Waals surface area contributed by atoms with Gasteiger partial charge in [0.25, 0.3) is 0 Å². The SMILES string of the molecule is c1ccc(-c2ccc3c4c(-c5cc(-c6nc(-c7ccccc7)nc(-c7ccccc7)n6)cc6c5c5ccccc5n6-c5ccccc5)cccc4n(-c4ccccc4)c3c2)cc1. The van der Waals surface area contributed by atoms with E-state index >= 15 is 0 Å². The predicted octanol–water partition coefficient (Wildman–Crippen LogP) is 14.4. The summed E-state index contributed by atoms with van der Waals surface area (Å²) in [5.41, 5.74) is 14.1. The van der Waals surface area contributed by atoms with Crippen molar-refractivity contribution in [2.75, 3.05) is 0 Å². The Bertz CT molecular complexity index is 3540. The maximum absolute atomic E-state index is 5.26. The molecule has 0 aliphatic heterocycles. The van der Waals surface area contributed by atoms with Gasteiger partial charge in [-0.1, -0.05) is 170 Å². The molecule has 9 aromatic carbocycles. The third-order valence-electron chi connectivity index (χ3n) is 11.9. The van der Waals surface area contributed by atoms with Crippen molar-refractivity contribution in [3.05, 3.63) is 224 Å². The third kappa shape index (κ3) is 5.90. The number of fused-ring (bicyclic) bond motifs is 6. The third-order valence-corrected chi connectivity index (χ3v) is 11.9. The fourth-order valence-corrected chi connectivity index (χ4v) is 9.19. The van der Waals surface area contributed by atoms with Crippen LogP contribution >= 0.6 is 0 Å². The molecule has 0 amide bonds. The van der Waals surface area contributed by atoms with Gasteiger partial charge < -0.3 is 9.13 Å². The molecule has 12 rings (SSSR count). The van der Waals surface area contributed by atoms with Crippen LogP contribution in [0.5, 0.6) is 0 Å². The number of benzene rings is 9. The first-order valence-corrected chi connectivity index (χ1v) is 21.0. The Labute approximate surface area is 358 Å². The zero-order valence-corrected chi connectivity index (χ0v) is 33.6. The number of para-hydroxylation sites is 3. The Balaban J connectivity index is 1.21. The summed E-state index contributed by atoms with van der Waals surface area (Å²) >= 11 is 0. The van der Waals surface area contributed by atoms with Crippen molar-refractivity contribution in [2.24, 2.45) is 0 Å². The van der Waals surface area contributed by atoms with Gasteiger partial charge in [-0.15, -0.1) is 0 Å². The molecule has 0 unspecified atom stereocenters. The van der Waals surface area contributed by atoms with E-state index in [0.29, 0.717) is 17.5 Å². The zero-order valence-electron chi connectivity index (χ0n) is 33.6. The molecule has 3 heterocycles. The molecule has 0 spiro atoms. The number of nitrogens with zero attached hydrogens (tertiary/aromatic N) is 5. The van der Waals surface area contributed by atoms with Crippen molar-refractivity contribution in [2.45, 2.75) is 0 Å². The molecule has 0 saturated heterocycles. The molecule has 0 atom stereocenters. The van der Waals surface area contributed by atoms with Crippen molar-refractivity contribution < 1.29 is 0 Å². The van der Waals surface area contributed by atoms with E-state index in [4.69, 9.17) is 15.0 Å². The minimum absolute atomic E-state index is 0.608. The van der Waals surface area contributed by atoms with E-state index in [9.17, 15) is 0 Å². The van der Waals surface area contributed by atoms with E-state index in [1.165, 1.54) is 32.7 Å². The first-order chi connectivity index (χ1) is 30.8. The lowest BCUT2D eigenvalue weighted by Gasteiger charge is -2.14. The van der Waals surface area contributed by atoms with Crippen molar-refractivity contribution in [1.29, 1.82) is 0 Å². The second-order valence-corrected chi connectivity index (χ2v) is 15.6. The van der Waals surface area contributed by atoms with Crippen molar-refractivity contribution in [1.82, 2.24) is 24.1 Å². The summed E-state index contributed by atoms with van der Waals surface area (Å²) in [7, 11) is 0. The van der Waals surface area contributed by atoms with Crippen LogP contribution in [-0.2, 0) is 0 Å². The smallest absolute Gasteiger partial charge is 0.164 e. The van der Waals surface area contributed by atoms with Crippen molar-refractivity contribution in [3.63, 3.8) is 0 Å². The summed E-state index contributed by atoms with van der Waals surface area (Å²) in [4.78, 5) is 15.6. The highest BCUT2D eigenvalue weighted by molar-refractivity contribution is 6.23. The Hall–Kier alpha value is -8.41. The van der Waals surface area contributed by atoms with E-state index in [1.807, 2.05) is 36.4 Å². The van der Waals surface area contributed by atoms with Gasteiger partial charge >= 0.3 is 0 Å². The molecule has 0 N–H and O–H groups in total. The summed E-state index contributed by atoms with van der Waals surface area (Å²) in [5.74, 6) is 1.86. The van der Waals surface area contributed by atoms with Crippen molar-refractivity contribution in [3.8, 4) is 67.8 Å². The Morgan fingerprint density at radius 3 is 1.32 bits per heavy atom. The van der Waals surface area contributed by atoms with Crippen LogP contribution in [0.1, 0.15) is 0 Å². The summed E-state index contributed by atoms with van der Waals surface area (Å²) in [6, 6.07) is 79.3. The minimum Gasteiger partial charge on any atom is -0.309 e. The topological polar surface area (TPSA) is 48.5 Å². The predicted molar refractivity (Wildman–Crippen MR) is 256 cm³/mol. The average molecular weight is 792 g/mol. The molecular weight excluding hydrogens is 755 g/mol. The van der Waals surface area contributed by atoms with Gasteiger partial charge in [0.2, 0.25) is 0 Å². The number of hydrogen-bond acceptors (Lipinski definition) is 3. The summed E-state index contributed by atoms with van der Waals surface area (Å²) < 4.78 is 4.80. The van der Waals surface area contributed by atoms with E-state index in [0.717, 1.165) is 61.3 Å². The lowest BCUT2D eigenvalue weighted by Crippen LogP contribution is -2.01. The molecule has 0 aliphatic rings. The van der Waals surface area contributed by atoms with Crippen LogP contribution in [0.15, 0.2) is 224 Å². The summed E-state index contributed by atoms with van der Waals surface area (Å²) in [5, 5.41) is 4.71. The van der Waals surface area contributed by atoms with Gasteiger partial charge in [-0.3, -0.25) is 0 Å². The van der Waals surface area contributed by atoms with Crippen LogP contribution in [-0.4, -0.2) is 24.1 Å². The Morgan fingerprint density at radius 1 is 0.258 bits per heavy atom. The van der Waals surface area contributed by atoms with Gasteiger partial charge in [0, 0.05) is 49.6 Å². The first-order valence-electron chi connectivity index (χ1n) is 21.0. The highest BCUT2D eigenvalue weighted by Gasteiger charge is 2.24. The number of hydrogen-bond donors (Lipinski definition) is 0. The Morgan fingerprint density at radius 2 is 0.710 bits per heavy atom. The summed E-state index contributed by atoms with van der Waals surface area (Å²) in [6.45, 7) is 0. The molecule has 0 fully saturated rings. The maximum Gasteiger partial charge on any atom is 0.164 e. The first kappa shape index (κ1) is 35.5. The van der Waals surface area contributed by atoms with Gasteiger partial charge in [0.1, 0.15) is 0 Å². The van der Waals surface area contributed by atoms with Gasteiger partial charge in [-0.05, 0) is 76.9 Å². The van der Waals surface area contributed by atoms with Crippen molar-refractivity contribution >= 4 is 43.6 Å². The summed E-state index contributed by atoms with van der Waals surface area (Å²) in [6.07, 6.45) is 0. The molecule has 5 heteroatoms. The van der Waals surface area contributed by atoms with Crippen LogP contribution < -0.4 is 0 Å². The quantitative estimate of drug-likeness (QED) is 0.162. The van der Waals surface area contributed by atoms with Crippen LogP contribution in [0.4, 0.5) is 0 Å². The van der Waals surface area contributed by atoms with E-state index < -0.39 is 0 Å². The second-order valence-electron chi connectivity index (χ2n) is 15.6. The molecule has 0 aliphatic carbocycles. The lowest BCUT2D eigenvalue weighted by atomic mass is 9.93. The van der Waals surface area contributed by atoms with Crippen LogP contribution in [0, 0.1) is 0 Å². The zero-order chi connectivity index (χ0) is 41.0. The van der Waals surface area contributed by atoms with E-state index in [2.05, 4.69) is 197 Å². The fourth-order valence-electron chi connectivity index (χ4n) is 9.19. The minimum atomic E-state index is 0.608. The Kier molecular flexibility index (Phi) is 8.42. The highest BCUT2D eigenvalue weighted by Crippen LogP contribution is 2.46. The molecule has 0 radical (unpaired) electrons. The fraction of sp³-hybridized carbons (Fsp3) is 0. The van der Waals surface area contributed by atoms with Gasteiger partial charge in [0.05, 0.1) is 22.1 Å². The highest BCUT2D eigenvalue weighted by atomic mass is 15.0. The average Bonchev–Trinajstić information content (AvgIpc) is 3.87. The molecule has 290 valence electrons. The molecule has 0 bridgehead atoms. The van der Waals surface area contributed by atoms with Crippen LogP contribution in [0.3, 0.4) is 0 Å². The molecule has 3 aromatic heterocycles. The van der Waals surface area contributed by atoms with Crippen LogP contribution in [0.2, 0.25) is 0 Å². The maximum atomic E-state index is 5.26.